The minimum atomic E-state index is -3.79. The largest absolute Gasteiger partial charge is 0.342 e. The fourth-order valence-electron chi connectivity index (χ4n) is 5.16. The second-order valence-electron chi connectivity index (χ2n) is 9.03. The fourth-order valence-corrected chi connectivity index (χ4v) is 6.68. The van der Waals surface area contributed by atoms with Crippen LogP contribution in [-0.4, -0.2) is 59.3 Å². The van der Waals surface area contributed by atoms with Gasteiger partial charge in [-0.25, -0.2) is 17.6 Å². The third-order valence-corrected chi connectivity index (χ3v) is 8.83. The number of H-pyrrole nitrogens is 1. The Morgan fingerprint density at radius 3 is 2.41 bits per heavy atom. The molecule has 5 rings (SSSR count). The molecule has 180 valence electrons. The van der Waals surface area contributed by atoms with Crippen LogP contribution in [-0.2, 0) is 14.8 Å². The molecule has 2 aromatic carbocycles. The molecule has 0 bridgehead atoms. The molecule has 1 atom stereocenters. The Kier molecular flexibility index (Phi) is 6.03. The molecular formula is C24H27FN4O4S. The van der Waals surface area contributed by atoms with E-state index in [2.05, 4.69) is 4.98 Å². The van der Waals surface area contributed by atoms with E-state index in [0.29, 0.717) is 45.3 Å². The van der Waals surface area contributed by atoms with Gasteiger partial charge < -0.3 is 9.88 Å². The van der Waals surface area contributed by atoms with Crippen molar-refractivity contribution in [2.75, 3.05) is 26.2 Å². The van der Waals surface area contributed by atoms with E-state index in [-0.39, 0.29) is 29.1 Å². The van der Waals surface area contributed by atoms with E-state index >= 15 is 0 Å². The topological polar surface area (TPSA) is 95.5 Å². The smallest absolute Gasteiger partial charge is 0.326 e. The normalized spacial score (nSPS) is 20.6. The lowest BCUT2D eigenvalue weighted by molar-refractivity contribution is -0.138. The summed E-state index contributed by atoms with van der Waals surface area (Å²) in [4.78, 5) is 30.5. The van der Waals surface area contributed by atoms with Crippen LogP contribution in [0.4, 0.5) is 4.39 Å². The summed E-state index contributed by atoms with van der Waals surface area (Å²) in [7, 11) is -3.79. The number of carbonyl (C=O) groups excluding carboxylic acids is 1. The fraction of sp³-hybridized carbons (Fsp3) is 0.417. The molecule has 1 amide bonds. The second kappa shape index (κ2) is 8.99. The monoisotopic (exact) mass is 486 g/mol. The molecule has 2 saturated heterocycles. The number of amides is 1. The molecule has 0 unspecified atom stereocenters. The molecular weight excluding hydrogens is 459 g/mol. The number of halogens is 1. The molecule has 0 spiro atoms. The number of rotatable bonds is 4. The molecule has 2 aliphatic heterocycles. The number of fused-ring (bicyclic) bond motifs is 1. The molecule has 3 heterocycles. The van der Waals surface area contributed by atoms with Gasteiger partial charge in [0.2, 0.25) is 15.9 Å². The van der Waals surface area contributed by atoms with Gasteiger partial charge in [-0.2, -0.15) is 4.31 Å². The van der Waals surface area contributed by atoms with Gasteiger partial charge in [-0.15, -0.1) is 0 Å². The van der Waals surface area contributed by atoms with Gasteiger partial charge >= 0.3 is 5.69 Å². The minimum absolute atomic E-state index is 0.00871. The highest BCUT2D eigenvalue weighted by molar-refractivity contribution is 7.89. The number of benzene rings is 2. The van der Waals surface area contributed by atoms with Crippen LogP contribution in [0.15, 0.2) is 58.2 Å². The number of nitrogens with zero attached hydrogens (tertiary/aromatic N) is 3. The van der Waals surface area contributed by atoms with Gasteiger partial charge in [0.1, 0.15) is 5.82 Å². The average Bonchev–Trinajstić information content (AvgIpc) is 3.19. The van der Waals surface area contributed by atoms with Gasteiger partial charge in [-0.05, 0) is 62.1 Å². The maximum absolute atomic E-state index is 13.3. The number of nitrogens with one attached hydrogen (secondary N) is 1. The SMILES string of the molecule is O=C([C@H]1CCCN(S(=O)(=O)c2ccc(F)cc2)C1)N1CCC(n2c(=O)[nH]c3ccccc32)CC1. The Morgan fingerprint density at radius 2 is 1.68 bits per heavy atom. The zero-order chi connectivity index (χ0) is 23.9. The number of hydrogen-bond acceptors (Lipinski definition) is 4. The summed E-state index contributed by atoms with van der Waals surface area (Å²) >= 11 is 0. The Labute approximate surface area is 197 Å². The second-order valence-corrected chi connectivity index (χ2v) is 11.0. The number of aromatic nitrogens is 2. The predicted octanol–water partition coefficient (Wildman–Crippen LogP) is 2.73. The van der Waals surface area contributed by atoms with Gasteiger partial charge in [-0.1, -0.05) is 12.1 Å². The van der Waals surface area contributed by atoms with Crippen LogP contribution in [0.2, 0.25) is 0 Å². The van der Waals surface area contributed by atoms with Gasteiger partial charge in [0.15, 0.2) is 0 Å². The van der Waals surface area contributed by atoms with Crippen molar-refractivity contribution in [2.24, 2.45) is 5.92 Å². The first-order chi connectivity index (χ1) is 16.3. The first kappa shape index (κ1) is 22.8. The van der Waals surface area contributed by atoms with Crippen molar-refractivity contribution in [1.29, 1.82) is 0 Å². The zero-order valence-electron chi connectivity index (χ0n) is 18.7. The number of aromatic amines is 1. The van der Waals surface area contributed by atoms with Crippen molar-refractivity contribution in [2.45, 2.75) is 36.6 Å². The number of para-hydroxylation sites is 2. The van der Waals surface area contributed by atoms with Crippen LogP contribution in [0.1, 0.15) is 31.7 Å². The maximum atomic E-state index is 13.3. The van der Waals surface area contributed by atoms with Gasteiger partial charge in [0.05, 0.1) is 21.8 Å². The van der Waals surface area contributed by atoms with Crippen molar-refractivity contribution in [3.63, 3.8) is 0 Å². The molecule has 0 radical (unpaired) electrons. The molecule has 3 aromatic rings. The summed E-state index contributed by atoms with van der Waals surface area (Å²) in [5.74, 6) is -0.941. The van der Waals surface area contributed by atoms with E-state index in [1.165, 1.54) is 16.4 Å². The molecule has 1 aromatic heterocycles. The Morgan fingerprint density at radius 1 is 0.971 bits per heavy atom. The van der Waals surface area contributed by atoms with Gasteiger partial charge in [0.25, 0.3) is 0 Å². The van der Waals surface area contributed by atoms with E-state index < -0.39 is 21.8 Å². The first-order valence-electron chi connectivity index (χ1n) is 11.6. The highest BCUT2D eigenvalue weighted by Gasteiger charge is 2.36. The number of likely N-dealkylation sites (tertiary alicyclic amines) is 1. The average molecular weight is 487 g/mol. The summed E-state index contributed by atoms with van der Waals surface area (Å²) in [6.45, 7) is 1.52. The van der Waals surface area contributed by atoms with Crippen molar-refractivity contribution in [3.05, 3.63) is 64.8 Å². The molecule has 2 aliphatic rings. The van der Waals surface area contributed by atoms with Crippen LogP contribution in [0, 0.1) is 11.7 Å². The van der Waals surface area contributed by atoms with Crippen LogP contribution < -0.4 is 5.69 Å². The Hall–Kier alpha value is -2.98. The standard InChI is InChI=1S/C24H27FN4O4S/c25-18-7-9-20(10-8-18)34(32,33)28-13-3-4-17(16-28)23(30)27-14-11-19(12-15-27)29-22-6-2-1-5-21(22)26-24(29)31/h1-2,5-10,17,19H,3-4,11-16H2,(H,26,31)/t17-/m0/s1. The first-order valence-corrected chi connectivity index (χ1v) is 13.0. The Balaban J connectivity index is 1.25. The van der Waals surface area contributed by atoms with E-state index in [9.17, 15) is 22.4 Å². The van der Waals surface area contributed by atoms with E-state index in [1.807, 2.05) is 24.3 Å². The number of imidazole rings is 1. The van der Waals surface area contributed by atoms with Crippen molar-refractivity contribution >= 4 is 27.0 Å². The lowest BCUT2D eigenvalue weighted by Crippen LogP contribution is -2.49. The van der Waals surface area contributed by atoms with Crippen molar-refractivity contribution in [3.8, 4) is 0 Å². The lowest BCUT2D eigenvalue weighted by Gasteiger charge is -2.37. The number of piperidine rings is 2. The van der Waals surface area contributed by atoms with Crippen molar-refractivity contribution < 1.29 is 17.6 Å². The van der Waals surface area contributed by atoms with Crippen LogP contribution >= 0.6 is 0 Å². The zero-order valence-corrected chi connectivity index (χ0v) is 19.5. The third kappa shape index (κ3) is 4.16. The van der Waals surface area contributed by atoms with Crippen LogP contribution in [0.3, 0.4) is 0 Å². The number of sulfonamides is 1. The van der Waals surface area contributed by atoms with Crippen LogP contribution in [0.5, 0.6) is 0 Å². The number of hydrogen-bond donors (Lipinski definition) is 1. The molecule has 2 fully saturated rings. The van der Waals surface area contributed by atoms with E-state index in [0.717, 1.165) is 23.2 Å². The van der Waals surface area contributed by atoms with E-state index in [4.69, 9.17) is 0 Å². The van der Waals surface area contributed by atoms with E-state index in [1.54, 1.807) is 9.47 Å². The lowest BCUT2D eigenvalue weighted by atomic mass is 9.96. The quantitative estimate of drug-likeness (QED) is 0.614. The molecule has 0 saturated carbocycles. The summed E-state index contributed by atoms with van der Waals surface area (Å²) in [5.41, 5.74) is 1.53. The van der Waals surface area contributed by atoms with Crippen molar-refractivity contribution in [1.82, 2.24) is 18.8 Å². The maximum Gasteiger partial charge on any atom is 0.326 e. The van der Waals surface area contributed by atoms with Crippen LogP contribution in [0.25, 0.3) is 11.0 Å². The molecule has 8 nitrogen and oxygen atoms in total. The summed E-state index contributed by atoms with van der Waals surface area (Å²) in [6, 6.07) is 12.4. The minimum Gasteiger partial charge on any atom is -0.342 e. The molecule has 0 aliphatic carbocycles. The predicted molar refractivity (Wildman–Crippen MR) is 125 cm³/mol. The summed E-state index contributed by atoms with van der Waals surface area (Å²) in [5, 5.41) is 0. The number of carbonyl (C=O) groups is 1. The molecule has 34 heavy (non-hydrogen) atoms. The summed E-state index contributed by atoms with van der Waals surface area (Å²) in [6.07, 6.45) is 2.56. The third-order valence-electron chi connectivity index (χ3n) is 6.95. The Bertz CT molecular complexity index is 1360. The van der Waals surface area contributed by atoms with Gasteiger partial charge in [-0.3, -0.25) is 9.36 Å². The molecule has 10 heteroatoms. The highest BCUT2D eigenvalue weighted by atomic mass is 32.2. The molecule has 1 N–H and O–H groups in total. The summed E-state index contributed by atoms with van der Waals surface area (Å²) < 4.78 is 42.4. The van der Waals surface area contributed by atoms with Gasteiger partial charge in [0, 0.05) is 32.2 Å². The highest BCUT2D eigenvalue weighted by Crippen LogP contribution is 2.29.